The van der Waals surface area contributed by atoms with Crippen LogP contribution in [0.25, 0.3) is 0 Å². The Kier molecular flexibility index (Phi) is 5.63. The van der Waals surface area contributed by atoms with Crippen LogP contribution in [0, 0.1) is 13.8 Å². The number of aryl methyl sites for hydroxylation is 2. The second-order valence-corrected chi connectivity index (χ2v) is 5.96. The molecule has 0 fully saturated rings. The molecule has 0 aliphatic carbocycles. The van der Waals surface area contributed by atoms with Gasteiger partial charge in [-0.05, 0) is 49.2 Å². The van der Waals surface area contributed by atoms with Crippen LogP contribution >= 0.6 is 0 Å². The van der Waals surface area contributed by atoms with Crippen LogP contribution in [-0.4, -0.2) is 15.9 Å². The highest BCUT2D eigenvalue weighted by Crippen LogP contribution is 2.15. The predicted molar refractivity (Wildman–Crippen MR) is 98.0 cm³/mol. The fraction of sp³-hybridized carbons (Fsp3) is 0.250. The van der Waals surface area contributed by atoms with Gasteiger partial charge in [0.05, 0.1) is 5.71 Å². The third-order valence-corrected chi connectivity index (χ3v) is 3.76. The van der Waals surface area contributed by atoms with Gasteiger partial charge in [0.2, 0.25) is 5.89 Å². The van der Waals surface area contributed by atoms with Crippen molar-refractivity contribution >= 4 is 5.71 Å². The Bertz CT molecular complexity index is 868. The van der Waals surface area contributed by atoms with Crippen LogP contribution in [0.2, 0.25) is 0 Å². The molecular formula is C20H21N3O3. The number of aromatic nitrogens is 2. The van der Waals surface area contributed by atoms with E-state index >= 15 is 0 Å². The third kappa shape index (κ3) is 4.92. The second-order valence-electron chi connectivity index (χ2n) is 5.96. The lowest BCUT2D eigenvalue weighted by Gasteiger charge is -2.06. The molecule has 3 rings (SSSR count). The summed E-state index contributed by atoms with van der Waals surface area (Å²) in [6.45, 7) is 6.40. The highest BCUT2D eigenvalue weighted by molar-refractivity contribution is 5.98. The zero-order chi connectivity index (χ0) is 18.4. The molecule has 0 unspecified atom stereocenters. The molecule has 0 atom stereocenters. The van der Waals surface area contributed by atoms with Gasteiger partial charge < -0.3 is 14.0 Å². The van der Waals surface area contributed by atoms with Gasteiger partial charge in [-0.25, -0.2) is 0 Å². The fourth-order valence-electron chi connectivity index (χ4n) is 2.27. The van der Waals surface area contributed by atoms with Gasteiger partial charge in [-0.3, -0.25) is 0 Å². The minimum atomic E-state index is 0.243. The molecule has 26 heavy (non-hydrogen) atoms. The number of ether oxygens (including phenoxy) is 1. The van der Waals surface area contributed by atoms with E-state index in [9.17, 15) is 0 Å². The molecule has 0 saturated carbocycles. The Labute approximate surface area is 152 Å². The Hall–Kier alpha value is -3.15. The molecule has 1 aromatic heterocycles. The van der Waals surface area contributed by atoms with E-state index in [0.717, 1.165) is 22.6 Å². The van der Waals surface area contributed by atoms with Gasteiger partial charge in [0.15, 0.2) is 6.61 Å². The maximum Gasteiger partial charge on any atom is 0.253 e. The molecule has 3 aromatic rings. The van der Waals surface area contributed by atoms with E-state index in [1.165, 1.54) is 5.56 Å². The Morgan fingerprint density at radius 1 is 0.962 bits per heavy atom. The van der Waals surface area contributed by atoms with Crippen molar-refractivity contribution in [3.8, 4) is 5.75 Å². The van der Waals surface area contributed by atoms with Crippen molar-refractivity contribution in [1.82, 2.24) is 10.2 Å². The van der Waals surface area contributed by atoms with Crippen molar-refractivity contribution < 1.29 is 14.0 Å². The molecule has 134 valence electrons. The number of rotatable bonds is 7. The Morgan fingerprint density at radius 2 is 1.69 bits per heavy atom. The summed E-state index contributed by atoms with van der Waals surface area (Å²) in [5.74, 6) is 1.70. The Morgan fingerprint density at radius 3 is 2.35 bits per heavy atom. The first-order valence-corrected chi connectivity index (χ1v) is 8.34. The van der Waals surface area contributed by atoms with Gasteiger partial charge in [-0.1, -0.05) is 35.0 Å². The van der Waals surface area contributed by atoms with Crippen LogP contribution in [0.15, 0.2) is 58.1 Å². The molecule has 0 amide bonds. The van der Waals surface area contributed by atoms with Gasteiger partial charge in [-0.2, -0.15) is 0 Å². The number of hydrogen-bond acceptors (Lipinski definition) is 6. The van der Waals surface area contributed by atoms with Crippen molar-refractivity contribution in [2.75, 3.05) is 0 Å². The average molecular weight is 351 g/mol. The SMILES string of the molecule is C/C(=N\OCc1ccc(C)cc1)c1ccc(OCc2nnc(C)o2)cc1. The third-order valence-electron chi connectivity index (χ3n) is 3.76. The quantitative estimate of drug-likeness (QED) is 0.471. The molecule has 0 aliphatic heterocycles. The van der Waals surface area contributed by atoms with Gasteiger partial charge in [0.1, 0.15) is 12.4 Å². The highest BCUT2D eigenvalue weighted by atomic mass is 16.6. The first kappa shape index (κ1) is 17.7. The molecule has 0 spiro atoms. The lowest BCUT2D eigenvalue weighted by molar-refractivity contribution is 0.130. The summed E-state index contributed by atoms with van der Waals surface area (Å²) in [7, 11) is 0. The number of nitrogens with zero attached hydrogens (tertiary/aromatic N) is 3. The monoisotopic (exact) mass is 351 g/mol. The van der Waals surface area contributed by atoms with E-state index in [-0.39, 0.29) is 6.61 Å². The summed E-state index contributed by atoms with van der Waals surface area (Å²) in [5.41, 5.74) is 4.09. The van der Waals surface area contributed by atoms with Gasteiger partial charge in [0.25, 0.3) is 5.89 Å². The maximum absolute atomic E-state index is 5.62. The summed E-state index contributed by atoms with van der Waals surface area (Å²) >= 11 is 0. The van der Waals surface area contributed by atoms with Crippen molar-refractivity contribution in [3.63, 3.8) is 0 Å². The van der Waals surface area contributed by atoms with Gasteiger partial charge in [0, 0.05) is 6.92 Å². The number of benzene rings is 2. The first-order chi connectivity index (χ1) is 12.6. The van der Waals surface area contributed by atoms with Crippen molar-refractivity contribution in [1.29, 1.82) is 0 Å². The zero-order valence-corrected chi connectivity index (χ0v) is 15.1. The van der Waals surface area contributed by atoms with Crippen LogP contribution in [0.4, 0.5) is 0 Å². The minimum absolute atomic E-state index is 0.243. The normalized spacial score (nSPS) is 11.4. The predicted octanol–water partition coefficient (Wildman–Crippen LogP) is 4.21. The number of hydrogen-bond donors (Lipinski definition) is 0. The summed E-state index contributed by atoms with van der Waals surface area (Å²) in [6.07, 6.45) is 0. The molecule has 0 saturated heterocycles. The molecule has 0 bridgehead atoms. The summed E-state index contributed by atoms with van der Waals surface area (Å²) in [4.78, 5) is 5.44. The van der Waals surface area contributed by atoms with Crippen LogP contribution in [-0.2, 0) is 18.1 Å². The first-order valence-electron chi connectivity index (χ1n) is 8.34. The molecule has 0 aliphatic rings. The van der Waals surface area contributed by atoms with E-state index in [1.807, 2.05) is 43.3 Å². The average Bonchev–Trinajstić information content (AvgIpc) is 3.07. The summed E-state index contributed by atoms with van der Waals surface area (Å²) < 4.78 is 10.9. The van der Waals surface area contributed by atoms with Gasteiger partial charge in [-0.15, -0.1) is 10.2 Å². The van der Waals surface area contributed by atoms with Crippen LogP contribution < -0.4 is 4.74 Å². The van der Waals surface area contributed by atoms with E-state index in [1.54, 1.807) is 6.92 Å². The van der Waals surface area contributed by atoms with Crippen LogP contribution in [0.1, 0.15) is 35.4 Å². The van der Waals surface area contributed by atoms with E-state index < -0.39 is 0 Å². The molecule has 0 N–H and O–H groups in total. The topological polar surface area (TPSA) is 69.7 Å². The molecule has 0 radical (unpaired) electrons. The maximum atomic E-state index is 5.62. The second kappa shape index (κ2) is 8.29. The van der Waals surface area contributed by atoms with Crippen LogP contribution in [0.5, 0.6) is 5.75 Å². The lowest BCUT2D eigenvalue weighted by atomic mass is 10.1. The number of oxime groups is 1. The zero-order valence-electron chi connectivity index (χ0n) is 15.1. The molecular weight excluding hydrogens is 330 g/mol. The molecule has 2 aromatic carbocycles. The lowest BCUT2D eigenvalue weighted by Crippen LogP contribution is -1.99. The van der Waals surface area contributed by atoms with Crippen molar-refractivity contribution in [2.45, 2.75) is 34.0 Å². The largest absolute Gasteiger partial charge is 0.484 e. The van der Waals surface area contributed by atoms with Gasteiger partial charge >= 0.3 is 0 Å². The standard InChI is InChI=1S/C20H21N3O3/c1-14-4-6-17(7-5-14)12-25-23-15(2)18-8-10-19(11-9-18)24-13-20-22-21-16(3)26-20/h4-11H,12-13H2,1-3H3/b23-15+. The molecule has 6 nitrogen and oxygen atoms in total. The molecule has 6 heteroatoms. The Balaban J connectivity index is 1.52. The highest BCUT2D eigenvalue weighted by Gasteiger charge is 2.04. The van der Waals surface area contributed by atoms with Crippen molar-refractivity contribution in [2.24, 2.45) is 5.16 Å². The van der Waals surface area contributed by atoms with Crippen molar-refractivity contribution in [3.05, 3.63) is 77.0 Å². The van der Waals surface area contributed by atoms with E-state index in [2.05, 4.69) is 34.4 Å². The van der Waals surface area contributed by atoms with E-state index in [0.29, 0.717) is 18.4 Å². The van der Waals surface area contributed by atoms with Crippen LogP contribution in [0.3, 0.4) is 0 Å². The summed E-state index contributed by atoms with van der Waals surface area (Å²) in [6, 6.07) is 15.8. The summed E-state index contributed by atoms with van der Waals surface area (Å²) in [5, 5.41) is 11.8. The smallest absolute Gasteiger partial charge is 0.253 e. The molecule has 1 heterocycles. The van der Waals surface area contributed by atoms with E-state index in [4.69, 9.17) is 14.0 Å². The minimum Gasteiger partial charge on any atom is -0.484 e. The fourth-order valence-corrected chi connectivity index (χ4v) is 2.27.